The zero-order valence-corrected chi connectivity index (χ0v) is 19.1. The molecule has 4 aromatic rings. The van der Waals surface area contributed by atoms with Gasteiger partial charge in [0.1, 0.15) is 0 Å². The summed E-state index contributed by atoms with van der Waals surface area (Å²) in [5, 5.41) is 5.28. The fourth-order valence-corrected chi connectivity index (χ4v) is 4.34. The van der Waals surface area contributed by atoms with Crippen LogP contribution in [-0.2, 0) is 13.0 Å². The van der Waals surface area contributed by atoms with Gasteiger partial charge in [-0.25, -0.2) is 0 Å². The average molecular weight is 444 g/mol. The molecule has 0 spiro atoms. The van der Waals surface area contributed by atoms with E-state index in [4.69, 9.17) is 4.52 Å². The molecular formula is C26H29N5O2. The van der Waals surface area contributed by atoms with Crippen molar-refractivity contribution in [3.8, 4) is 11.4 Å². The molecule has 1 amide bonds. The number of piperazine rings is 1. The van der Waals surface area contributed by atoms with Crippen molar-refractivity contribution in [1.29, 1.82) is 0 Å². The smallest absolute Gasteiger partial charge is 0.254 e. The van der Waals surface area contributed by atoms with Gasteiger partial charge in [0.25, 0.3) is 5.91 Å². The first-order valence-electron chi connectivity index (χ1n) is 11.6. The van der Waals surface area contributed by atoms with Crippen molar-refractivity contribution < 1.29 is 9.32 Å². The van der Waals surface area contributed by atoms with E-state index in [1.165, 1.54) is 5.56 Å². The van der Waals surface area contributed by atoms with Crippen LogP contribution >= 0.6 is 0 Å². The Kier molecular flexibility index (Phi) is 5.96. The molecule has 1 aliphatic heterocycles. The highest BCUT2D eigenvalue weighted by Gasteiger charge is 2.22. The normalized spacial score (nSPS) is 14.9. The summed E-state index contributed by atoms with van der Waals surface area (Å²) in [6.45, 7) is 8.26. The highest BCUT2D eigenvalue weighted by Crippen LogP contribution is 2.21. The summed E-state index contributed by atoms with van der Waals surface area (Å²) in [4.78, 5) is 25.0. The van der Waals surface area contributed by atoms with E-state index in [1.807, 2.05) is 47.5 Å². The Labute approximate surface area is 193 Å². The lowest BCUT2D eigenvalue weighted by atomic mass is 10.1. The summed E-state index contributed by atoms with van der Waals surface area (Å²) in [6.07, 6.45) is 2.69. The Balaban J connectivity index is 1.19. The molecule has 0 aliphatic carbocycles. The monoisotopic (exact) mass is 443 g/mol. The third kappa shape index (κ3) is 4.83. The quantitative estimate of drug-likeness (QED) is 0.479. The van der Waals surface area contributed by atoms with Gasteiger partial charge in [0, 0.05) is 62.0 Å². The van der Waals surface area contributed by atoms with E-state index < -0.39 is 0 Å². The number of aromatic nitrogens is 3. The van der Waals surface area contributed by atoms with Gasteiger partial charge in [0.15, 0.2) is 0 Å². The molecule has 170 valence electrons. The Morgan fingerprint density at radius 1 is 1.09 bits per heavy atom. The maximum atomic E-state index is 13.0. The minimum atomic E-state index is 0.0995. The number of nitrogens with zero attached hydrogens (tertiary/aromatic N) is 4. The second-order valence-electron chi connectivity index (χ2n) is 9.16. The Hall–Kier alpha value is -3.45. The molecule has 2 aromatic carbocycles. The lowest BCUT2D eigenvalue weighted by molar-refractivity contribution is 0.0628. The van der Waals surface area contributed by atoms with Gasteiger partial charge < -0.3 is 14.4 Å². The van der Waals surface area contributed by atoms with E-state index in [1.54, 1.807) is 0 Å². The van der Waals surface area contributed by atoms with E-state index in [2.05, 4.69) is 46.0 Å². The predicted octanol–water partition coefficient (Wildman–Crippen LogP) is 4.37. The van der Waals surface area contributed by atoms with E-state index in [-0.39, 0.29) is 5.91 Å². The number of carbonyl (C=O) groups is 1. The van der Waals surface area contributed by atoms with Crippen LogP contribution in [0.1, 0.15) is 35.7 Å². The fraction of sp³-hybridized carbons (Fsp3) is 0.346. The van der Waals surface area contributed by atoms with Crippen LogP contribution < -0.4 is 0 Å². The van der Waals surface area contributed by atoms with E-state index >= 15 is 0 Å². The molecule has 7 heteroatoms. The summed E-state index contributed by atoms with van der Waals surface area (Å²) in [7, 11) is 0. The van der Waals surface area contributed by atoms with Crippen LogP contribution in [0.25, 0.3) is 22.3 Å². The van der Waals surface area contributed by atoms with Crippen LogP contribution in [0.2, 0.25) is 0 Å². The van der Waals surface area contributed by atoms with Crippen LogP contribution in [0.15, 0.2) is 59.3 Å². The molecule has 1 saturated heterocycles. The molecule has 33 heavy (non-hydrogen) atoms. The number of amides is 1. The second-order valence-corrected chi connectivity index (χ2v) is 9.16. The molecule has 0 unspecified atom stereocenters. The molecule has 2 aromatic heterocycles. The number of aromatic amines is 1. The largest absolute Gasteiger partial charge is 0.361 e. The number of nitrogens with one attached hydrogen (secondary N) is 1. The molecule has 0 saturated carbocycles. The molecule has 1 aliphatic rings. The zero-order valence-electron chi connectivity index (χ0n) is 19.1. The number of benzene rings is 2. The van der Waals surface area contributed by atoms with Gasteiger partial charge in [-0.1, -0.05) is 43.3 Å². The summed E-state index contributed by atoms with van der Waals surface area (Å²) >= 11 is 0. The standard InChI is InChI=1S/C26H29N5O2/c1-18(2)14-24-28-25(29-33-24)21-5-3-4-19(15-21)17-30-10-12-31(13-11-30)26(32)22-7-6-20-8-9-27-23(20)16-22/h3-9,15-16,18,27H,10-14,17H2,1-2H3. The first-order valence-corrected chi connectivity index (χ1v) is 11.6. The van der Waals surface area contributed by atoms with E-state index in [0.29, 0.717) is 17.6 Å². The second kappa shape index (κ2) is 9.19. The molecule has 1 fully saturated rings. The summed E-state index contributed by atoms with van der Waals surface area (Å²) in [6, 6.07) is 16.2. The lowest BCUT2D eigenvalue weighted by Crippen LogP contribution is -2.48. The Bertz CT molecular complexity index is 1250. The molecule has 0 radical (unpaired) electrons. The number of hydrogen-bond donors (Lipinski definition) is 1. The summed E-state index contributed by atoms with van der Waals surface area (Å²) in [5.74, 6) is 1.90. The fourth-order valence-electron chi connectivity index (χ4n) is 4.34. The van der Waals surface area contributed by atoms with Gasteiger partial charge in [0.2, 0.25) is 11.7 Å². The summed E-state index contributed by atoms with van der Waals surface area (Å²) < 4.78 is 5.40. The molecule has 3 heterocycles. The SMILES string of the molecule is CC(C)Cc1nc(-c2cccc(CN3CCN(C(=O)c4ccc5cc[nH]c5c4)CC3)c2)no1. The van der Waals surface area contributed by atoms with Crippen molar-refractivity contribution in [2.45, 2.75) is 26.8 Å². The van der Waals surface area contributed by atoms with Crippen LogP contribution in [0, 0.1) is 5.92 Å². The van der Waals surface area contributed by atoms with Crippen molar-refractivity contribution in [3.63, 3.8) is 0 Å². The molecule has 1 N–H and O–H groups in total. The lowest BCUT2D eigenvalue weighted by Gasteiger charge is -2.34. The third-order valence-electron chi connectivity index (χ3n) is 6.10. The molecule has 0 atom stereocenters. The van der Waals surface area contributed by atoms with Crippen LogP contribution in [-0.4, -0.2) is 57.0 Å². The molecule has 5 rings (SSSR count). The van der Waals surface area contributed by atoms with Crippen molar-refractivity contribution in [2.24, 2.45) is 5.92 Å². The highest BCUT2D eigenvalue weighted by molar-refractivity contribution is 5.98. The van der Waals surface area contributed by atoms with Gasteiger partial charge in [-0.3, -0.25) is 9.69 Å². The number of hydrogen-bond acceptors (Lipinski definition) is 5. The summed E-state index contributed by atoms with van der Waals surface area (Å²) in [5.41, 5.74) is 3.92. The minimum Gasteiger partial charge on any atom is -0.361 e. The maximum Gasteiger partial charge on any atom is 0.254 e. The van der Waals surface area contributed by atoms with Gasteiger partial charge >= 0.3 is 0 Å². The van der Waals surface area contributed by atoms with Crippen molar-refractivity contribution in [2.75, 3.05) is 26.2 Å². The first-order chi connectivity index (χ1) is 16.0. The van der Waals surface area contributed by atoms with Crippen molar-refractivity contribution in [3.05, 3.63) is 71.7 Å². The number of carbonyl (C=O) groups excluding carboxylic acids is 1. The number of rotatable bonds is 6. The highest BCUT2D eigenvalue weighted by atomic mass is 16.5. The third-order valence-corrected chi connectivity index (χ3v) is 6.10. The maximum absolute atomic E-state index is 13.0. The van der Waals surface area contributed by atoms with Gasteiger partial charge in [-0.15, -0.1) is 0 Å². The van der Waals surface area contributed by atoms with Gasteiger partial charge in [0.05, 0.1) is 0 Å². The van der Waals surface area contributed by atoms with Crippen LogP contribution in [0.5, 0.6) is 0 Å². The van der Waals surface area contributed by atoms with Gasteiger partial charge in [-0.05, 0) is 41.1 Å². The first kappa shape index (κ1) is 21.4. The van der Waals surface area contributed by atoms with E-state index in [9.17, 15) is 4.79 Å². The number of H-pyrrole nitrogens is 1. The van der Waals surface area contributed by atoms with Crippen molar-refractivity contribution >= 4 is 16.8 Å². The molecule has 0 bridgehead atoms. The topological polar surface area (TPSA) is 78.3 Å². The average Bonchev–Trinajstić information content (AvgIpc) is 3.48. The van der Waals surface area contributed by atoms with Crippen LogP contribution in [0.3, 0.4) is 0 Å². The predicted molar refractivity (Wildman–Crippen MR) is 128 cm³/mol. The Morgan fingerprint density at radius 3 is 2.76 bits per heavy atom. The number of fused-ring (bicyclic) bond motifs is 1. The van der Waals surface area contributed by atoms with E-state index in [0.717, 1.165) is 61.2 Å². The molecular weight excluding hydrogens is 414 g/mol. The minimum absolute atomic E-state index is 0.0995. The van der Waals surface area contributed by atoms with Crippen LogP contribution in [0.4, 0.5) is 0 Å². The molecule has 7 nitrogen and oxygen atoms in total. The Morgan fingerprint density at radius 2 is 1.94 bits per heavy atom. The zero-order chi connectivity index (χ0) is 22.8. The van der Waals surface area contributed by atoms with Crippen molar-refractivity contribution in [1.82, 2.24) is 24.9 Å². The van der Waals surface area contributed by atoms with Gasteiger partial charge in [-0.2, -0.15) is 4.98 Å².